The number of nitrogens with one attached hydrogen (secondary N) is 2. The molecule has 10 nitrogen and oxygen atoms in total. The van der Waals surface area contributed by atoms with Crippen molar-refractivity contribution in [2.75, 3.05) is 13.1 Å². The van der Waals surface area contributed by atoms with Crippen molar-refractivity contribution in [1.82, 2.24) is 15.5 Å². The van der Waals surface area contributed by atoms with Gasteiger partial charge in [0.15, 0.2) is 0 Å². The fraction of sp³-hybridized carbons (Fsp3) is 0.655. The van der Waals surface area contributed by atoms with Crippen molar-refractivity contribution in [2.45, 2.75) is 110 Å². The van der Waals surface area contributed by atoms with Gasteiger partial charge in [0.05, 0.1) is 6.42 Å². The van der Waals surface area contributed by atoms with Gasteiger partial charge in [0.2, 0.25) is 17.7 Å². The fourth-order valence-electron chi connectivity index (χ4n) is 4.12. The minimum atomic E-state index is -1.32. The molecule has 10 heteroatoms. The van der Waals surface area contributed by atoms with Crippen LogP contribution in [0.1, 0.15) is 104 Å². The summed E-state index contributed by atoms with van der Waals surface area (Å²) >= 11 is 0. The molecular weight excluding hydrogens is 500 g/mol. The largest absolute Gasteiger partial charge is 0.508 e. The van der Waals surface area contributed by atoms with Crippen molar-refractivity contribution in [3.63, 3.8) is 0 Å². The first-order valence-corrected chi connectivity index (χ1v) is 14.0. The zero-order chi connectivity index (χ0) is 29.4. The Labute approximate surface area is 233 Å². The number of hydrogen-bond acceptors (Lipinski definition) is 6. The highest BCUT2D eigenvalue weighted by molar-refractivity contribution is 5.94. The monoisotopic (exact) mass is 548 g/mol. The molecule has 2 atom stereocenters. The number of amides is 4. The number of nitrogens with two attached hydrogens (primary N) is 1. The van der Waals surface area contributed by atoms with Crippen LogP contribution in [0.4, 0.5) is 4.79 Å². The third-order valence-electron chi connectivity index (χ3n) is 6.03. The Hall–Kier alpha value is -3.30. The normalized spacial score (nSPS) is 12.7. The number of unbranched alkanes of at least 4 members (excludes halogenated alkanes) is 6. The quantitative estimate of drug-likeness (QED) is 0.213. The number of hydrogen-bond donors (Lipinski definition) is 4. The van der Waals surface area contributed by atoms with Crippen LogP contribution in [0.3, 0.4) is 0 Å². The maximum absolute atomic E-state index is 14.0. The number of phenols is 1. The number of rotatable bonds is 17. The van der Waals surface area contributed by atoms with Crippen molar-refractivity contribution < 1.29 is 29.0 Å². The van der Waals surface area contributed by atoms with E-state index in [4.69, 9.17) is 10.5 Å². The zero-order valence-electron chi connectivity index (χ0n) is 24.3. The molecule has 4 amide bonds. The number of benzene rings is 1. The average molecular weight is 549 g/mol. The fourth-order valence-corrected chi connectivity index (χ4v) is 4.12. The predicted octanol–water partition coefficient (Wildman–Crippen LogP) is 4.31. The first kappa shape index (κ1) is 33.7. The van der Waals surface area contributed by atoms with Gasteiger partial charge in [-0.2, -0.15) is 0 Å². The number of primary amides is 1. The molecular formula is C29H48N4O6. The van der Waals surface area contributed by atoms with Gasteiger partial charge in [-0.3, -0.25) is 14.4 Å². The van der Waals surface area contributed by atoms with Gasteiger partial charge in [-0.15, -0.1) is 0 Å². The van der Waals surface area contributed by atoms with Gasteiger partial charge in [-0.05, 0) is 51.3 Å². The number of ether oxygens (including phenoxy) is 1. The summed E-state index contributed by atoms with van der Waals surface area (Å²) < 4.78 is 5.31. The highest BCUT2D eigenvalue weighted by Gasteiger charge is 2.36. The smallest absolute Gasteiger partial charge is 0.408 e. The van der Waals surface area contributed by atoms with E-state index in [2.05, 4.69) is 24.5 Å². The van der Waals surface area contributed by atoms with Crippen LogP contribution in [0.5, 0.6) is 5.75 Å². The van der Waals surface area contributed by atoms with Crippen LogP contribution in [0.25, 0.3) is 0 Å². The van der Waals surface area contributed by atoms with Crippen LogP contribution < -0.4 is 16.4 Å². The molecule has 0 saturated heterocycles. The molecule has 0 aliphatic carbocycles. The summed E-state index contributed by atoms with van der Waals surface area (Å²) in [4.78, 5) is 53.4. The van der Waals surface area contributed by atoms with E-state index in [0.29, 0.717) is 18.5 Å². The third-order valence-corrected chi connectivity index (χ3v) is 6.03. The van der Waals surface area contributed by atoms with E-state index in [1.54, 1.807) is 32.9 Å². The van der Waals surface area contributed by atoms with E-state index >= 15 is 0 Å². The molecule has 0 radical (unpaired) electrons. The molecule has 1 aromatic rings. The Kier molecular flexibility index (Phi) is 15.0. The summed E-state index contributed by atoms with van der Waals surface area (Å²) in [7, 11) is 0. The molecule has 220 valence electrons. The summed E-state index contributed by atoms with van der Waals surface area (Å²) in [6, 6.07) is 3.73. The number of carbonyl (C=O) groups excluding carboxylic acids is 4. The number of aromatic hydroxyl groups is 1. The van der Waals surface area contributed by atoms with Gasteiger partial charge in [0.1, 0.15) is 23.4 Å². The molecule has 5 N–H and O–H groups in total. The predicted molar refractivity (Wildman–Crippen MR) is 151 cm³/mol. The molecule has 0 fully saturated rings. The Balaban J connectivity index is 3.41. The molecule has 0 saturated carbocycles. The van der Waals surface area contributed by atoms with Crippen molar-refractivity contribution in [1.29, 1.82) is 0 Å². The van der Waals surface area contributed by atoms with Crippen LogP contribution >= 0.6 is 0 Å². The summed E-state index contributed by atoms with van der Waals surface area (Å²) in [6.45, 7) is 9.90. The maximum atomic E-state index is 14.0. The van der Waals surface area contributed by atoms with Crippen molar-refractivity contribution in [2.24, 2.45) is 5.73 Å². The van der Waals surface area contributed by atoms with Gasteiger partial charge in [0.25, 0.3) is 0 Å². The van der Waals surface area contributed by atoms with Gasteiger partial charge >= 0.3 is 6.09 Å². The summed E-state index contributed by atoms with van der Waals surface area (Å²) in [5.41, 5.74) is 5.11. The van der Waals surface area contributed by atoms with E-state index in [0.717, 1.165) is 44.9 Å². The Morgan fingerprint density at radius 3 is 2.10 bits per heavy atom. The lowest BCUT2D eigenvalue weighted by atomic mass is 10.0. The number of nitrogens with zero attached hydrogens (tertiary/aromatic N) is 1. The van der Waals surface area contributed by atoms with Crippen LogP contribution in [0.2, 0.25) is 0 Å². The number of alkyl carbamates (subject to hydrolysis) is 1. The lowest BCUT2D eigenvalue weighted by Crippen LogP contribution is -2.54. The Morgan fingerprint density at radius 1 is 0.949 bits per heavy atom. The number of phenolic OH excluding ortho intramolecular Hbond substituents is 1. The summed E-state index contributed by atoms with van der Waals surface area (Å²) in [6.07, 6.45) is 5.97. The van der Waals surface area contributed by atoms with Gasteiger partial charge in [-0.25, -0.2) is 4.79 Å². The molecule has 39 heavy (non-hydrogen) atoms. The molecule has 0 aliphatic rings. The lowest BCUT2D eigenvalue weighted by molar-refractivity contribution is -0.143. The average Bonchev–Trinajstić information content (AvgIpc) is 2.84. The van der Waals surface area contributed by atoms with Crippen molar-refractivity contribution >= 4 is 23.8 Å². The molecule has 0 aromatic heterocycles. The Morgan fingerprint density at radius 2 is 1.54 bits per heavy atom. The molecule has 1 rings (SSSR count). The standard InChI is InChI=1S/C29H48N4O6/c1-6-8-10-11-13-19-33(27(37)23(20-24(30)35)32-28(38)39-29(3,4)5)25(21-14-16-22(34)17-15-21)26(36)31-18-12-9-7-2/h14-17,23,25,34H,6-13,18-20H2,1-5H3,(H2,30,35)(H,31,36)(H,32,38). The second-order valence-electron chi connectivity index (χ2n) is 10.8. The first-order chi connectivity index (χ1) is 18.4. The van der Waals surface area contributed by atoms with E-state index in [9.17, 15) is 24.3 Å². The molecule has 0 heterocycles. The van der Waals surface area contributed by atoms with Gasteiger partial charge < -0.3 is 31.1 Å². The minimum absolute atomic E-state index is 0.0245. The van der Waals surface area contributed by atoms with E-state index in [1.807, 2.05) is 0 Å². The number of carbonyl (C=O) groups is 4. The van der Waals surface area contributed by atoms with Crippen LogP contribution in [0.15, 0.2) is 24.3 Å². The SMILES string of the molecule is CCCCCCCN(C(=O)C(CC(N)=O)NC(=O)OC(C)(C)C)C(C(=O)NCCCCC)c1ccc(O)cc1. The minimum Gasteiger partial charge on any atom is -0.508 e. The highest BCUT2D eigenvalue weighted by Crippen LogP contribution is 2.26. The molecule has 0 bridgehead atoms. The molecule has 0 spiro atoms. The van der Waals surface area contributed by atoms with E-state index < -0.39 is 42.0 Å². The first-order valence-electron chi connectivity index (χ1n) is 14.0. The van der Waals surface area contributed by atoms with Gasteiger partial charge in [-0.1, -0.05) is 64.5 Å². The summed E-state index contributed by atoms with van der Waals surface area (Å²) in [5.74, 6) is -1.75. The second-order valence-corrected chi connectivity index (χ2v) is 10.8. The van der Waals surface area contributed by atoms with Crippen molar-refractivity contribution in [3.05, 3.63) is 29.8 Å². The van der Waals surface area contributed by atoms with E-state index in [1.165, 1.54) is 17.0 Å². The van der Waals surface area contributed by atoms with E-state index in [-0.39, 0.29) is 18.2 Å². The third kappa shape index (κ3) is 13.4. The molecule has 0 aliphatic heterocycles. The topological polar surface area (TPSA) is 151 Å². The Bertz CT molecular complexity index is 913. The molecule has 1 aromatic carbocycles. The van der Waals surface area contributed by atoms with Gasteiger partial charge in [0, 0.05) is 13.1 Å². The van der Waals surface area contributed by atoms with Crippen LogP contribution in [-0.4, -0.2) is 58.6 Å². The highest BCUT2D eigenvalue weighted by atomic mass is 16.6. The zero-order valence-corrected chi connectivity index (χ0v) is 24.3. The maximum Gasteiger partial charge on any atom is 0.408 e. The second kappa shape index (κ2) is 17.3. The van der Waals surface area contributed by atoms with Crippen LogP contribution in [-0.2, 0) is 19.1 Å². The summed E-state index contributed by atoms with van der Waals surface area (Å²) in [5, 5.41) is 15.2. The molecule has 2 unspecified atom stereocenters. The lowest BCUT2D eigenvalue weighted by Gasteiger charge is -2.34. The van der Waals surface area contributed by atoms with Crippen molar-refractivity contribution in [3.8, 4) is 5.75 Å². The van der Waals surface area contributed by atoms with Crippen LogP contribution in [0, 0.1) is 0 Å².